The number of rotatable bonds is 8. The molecule has 24 heavy (non-hydrogen) atoms. The van der Waals surface area contributed by atoms with Crippen molar-refractivity contribution in [2.45, 2.75) is 63.9 Å². The molecule has 0 aromatic rings. The van der Waals surface area contributed by atoms with Crippen LogP contribution in [0.4, 0.5) is 0 Å². The van der Waals surface area contributed by atoms with Gasteiger partial charge in [0.25, 0.3) is 0 Å². The van der Waals surface area contributed by atoms with Crippen LogP contribution in [-0.2, 0) is 4.74 Å². The normalized spacial score (nSPS) is 25.3. The quantitative estimate of drug-likeness (QED) is 0.257. The van der Waals surface area contributed by atoms with Crippen LogP contribution in [-0.4, -0.2) is 62.8 Å². The van der Waals surface area contributed by atoms with Crippen LogP contribution in [0.1, 0.15) is 58.3 Å². The molecule has 0 amide bonds. The first-order valence-electron chi connectivity index (χ1n) is 9.53. The molecule has 0 bridgehead atoms. The number of nitrogens with zero attached hydrogens (tertiary/aromatic N) is 2. The fraction of sp³-hybridized carbons (Fsp3) is 0.944. The molecular formula is C18H37IN4O. The van der Waals surface area contributed by atoms with Gasteiger partial charge in [-0.1, -0.05) is 12.8 Å². The maximum atomic E-state index is 5.80. The molecule has 2 saturated heterocycles. The Morgan fingerprint density at radius 1 is 1.08 bits per heavy atom. The van der Waals surface area contributed by atoms with Gasteiger partial charge in [-0.2, -0.15) is 0 Å². The van der Waals surface area contributed by atoms with Crippen molar-refractivity contribution in [3.05, 3.63) is 0 Å². The summed E-state index contributed by atoms with van der Waals surface area (Å²) >= 11 is 0. The van der Waals surface area contributed by atoms with Crippen molar-refractivity contribution in [2.75, 3.05) is 46.4 Å². The third kappa shape index (κ3) is 8.34. The Hall–Kier alpha value is -0.0800. The van der Waals surface area contributed by atoms with Crippen LogP contribution in [0.5, 0.6) is 0 Å². The van der Waals surface area contributed by atoms with Gasteiger partial charge in [-0.25, -0.2) is 0 Å². The van der Waals surface area contributed by atoms with Gasteiger partial charge in [0.05, 0.1) is 5.60 Å². The van der Waals surface area contributed by atoms with Gasteiger partial charge in [-0.05, 0) is 65.1 Å². The topological polar surface area (TPSA) is 48.9 Å². The highest BCUT2D eigenvalue weighted by Gasteiger charge is 2.29. The van der Waals surface area contributed by atoms with E-state index >= 15 is 0 Å². The zero-order chi connectivity index (χ0) is 16.4. The lowest BCUT2D eigenvalue weighted by atomic mass is 10.0. The summed E-state index contributed by atoms with van der Waals surface area (Å²) in [6.45, 7) is 8.81. The highest BCUT2D eigenvalue weighted by Crippen LogP contribution is 2.23. The summed E-state index contributed by atoms with van der Waals surface area (Å²) in [7, 11) is 1.84. The van der Waals surface area contributed by atoms with E-state index in [9.17, 15) is 0 Å². The third-order valence-electron chi connectivity index (χ3n) is 5.05. The number of ether oxygens (including phenoxy) is 1. The number of nitrogens with one attached hydrogen (secondary N) is 2. The molecule has 6 heteroatoms. The van der Waals surface area contributed by atoms with E-state index in [-0.39, 0.29) is 29.6 Å². The SMILES string of the molecule is CN=C(NCCCCCN1CCCCC1)NCC1(C)CCCO1.I. The second kappa shape index (κ2) is 12.3. The van der Waals surface area contributed by atoms with Gasteiger partial charge in [-0.15, -0.1) is 24.0 Å². The summed E-state index contributed by atoms with van der Waals surface area (Å²) in [5.74, 6) is 0.901. The number of guanidine groups is 1. The van der Waals surface area contributed by atoms with Gasteiger partial charge in [0, 0.05) is 26.7 Å². The Balaban J connectivity index is 0.00000288. The first-order valence-corrected chi connectivity index (χ1v) is 9.53. The average molecular weight is 452 g/mol. The zero-order valence-corrected chi connectivity index (χ0v) is 17.9. The zero-order valence-electron chi connectivity index (χ0n) is 15.6. The molecule has 2 aliphatic heterocycles. The minimum Gasteiger partial charge on any atom is -0.373 e. The molecule has 2 N–H and O–H groups in total. The second-order valence-corrected chi connectivity index (χ2v) is 7.22. The molecule has 2 heterocycles. The van der Waals surface area contributed by atoms with Crippen LogP contribution in [0, 0.1) is 0 Å². The van der Waals surface area contributed by atoms with Crippen molar-refractivity contribution < 1.29 is 4.74 Å². The first-order chi connectivity index (χ1) is 11.2. The first kappa shape index (κ1) is 22.0. The van der Waals surface area contributed by atoms with E-state index in [2.05, 4.69) is 27.4 Å². The fourth-order valence-corrected chi connectivity index (χ4v) is 3.49. The summed E-state index contributed by atoms with van der Waals surface area (Å²) in [5.41, 5.74) is -0.0218. The van der Waals surface area contributed by atoms with Gasteiger partial charge in [0.2, 0.25) is 0 Å². The Labute approximate surface area is 165 Å². The van der Waals surface area contributed by atoms with Gasteiger partial charge in [0.1, 0.15) is 0 Å². The number of hydrogen-bond acceptors (Lipinski definition) is 3. The summed E-state index contributed by atoms with van der Waals surface area (Å²) in [5, 5.41) is 6.82. The number of aliphatic imine (C=N–C) groups is 1. The monoisotopic (exact) mass is 452 g/mol. The van der Waals surface area contributed by atoms with Crippen LogP contribution < -0.4 is 10.6 Å². The van der Waals surface area contributed by atoms with Crippen molar-refractivity contribution >= 4 is 29.9 Å². The van der Waals surface area contributed by atoms with Crippen molar-refractivity contribution in [1.29, 1.82) is 0 Å². The van der Waals surface area contributed by atoms with Crippen LogP contribution >= 0.6 is 24.0 Å². The molecule has 2 rings (SSSR count). The summed E-state index contributed by atoms with van der Waals surface area (Å²) in [6, 6.07) is 0. The molecular weight excluding hydrogens is 415 g/mol. The lowest BCUT2D eigenvalue weighted by Crippen LogP contribution is -2.45. The maximum Gasteiger partial charge on any atom is 0.191 e. The average Bonchev–Trinajstić information content (AvgIpc) is 3.01. The van der Waals surface area contributed by atoms with Gasteiger partial charge >= 0.3 is 0 Å². The van der Waals surface area contributed by atoms with E-state index in [0.717, 1.165) is 32.1 Å². The molecule has 142 valence electrons. The van der Waals surface area contributed by atoms with E-state index in [1.807, 2.05) is 7.05 Å². The van der Waals surface area contributed by atoms with Gasteiger partial charge in [0.15, 0.2) is 5.96 Å². The van der Waals surface area contributed by atoms with Crippen LogP contribution in [0.3, 0.4) is 0 Å². The molecule has 5 nitrogen and oxygen atoms in total. The largest absolute Gasteiger partial charge is 0.373 e. The van der Waals surface area contributed by atoms with Crippen molar-refractivity contribution in [3.63, 3.8) is 0 Å². The lowest BCUT2D eigenvalue weighted by molar-refractivity contribution is 0.0243. The van der Waals surface area contributed by atoms with Crippen molar-refractivity contribution in [2.24, 2.45) is 4.99 Å². The van der Waals surface area contributed by atoms with E-state index in [1.165, 1.54) is 64.6 Å². The van der Waals surface area contributed by atoms with Crippen molar-refractivity contribution in [1.82, 2.24) is 15.5 Å². The maximum absolute atomic E-state index is 5.80. The molecule has 1 atom stereocenters. The predicted octanol–water partition coefficient (Wildman–Crippen LogP) is 2.99. The van der Waals surface area contributed by atoms with Gasteiger partial charge < -0.3 is 20.3 Å². The number of likely N-dealkylation sites (tertiary alicyclic amines) is 1. The fourth-order valence-electron chi connectivity index (χ4n) is 3.49. The smallest absolute Gasteiger partial charge is 0.191 e. The van der Waals surface area contributed by atoms with Crippen LogP contribution in [0.15, 0.2) is 4.99 Å². The second-order valence-electron chi connectivity index (χ2n) is 7.22. The summed E-state index contributed by atoms with van der Waals surface area (Å²) in [4.78, 5) is 6.93. The minimum atomic E-state index is -0.0218. The highest BCUT2D eigenvalue weighted by molar-refractivity contribution is 14.0. The van der Waals surface area contributed by atoms with E-state index in [1.54, 1.807) is 0 Å². The Morgan fingerprint density at radius 3 is 2.54 bits per heavy atom. The van der Waals surface area contributed by atoms with E-state index < -0.39 is 0 Å². The molecule has 2 fully saturated rings. The van der Waals surface area contributed by atoms with Crippen molar-refractivity contribution in [3.8, 4) is 0 Å². The van der Waals surface area contributed by atoms with E-state index in [4.69, 9.17) is 4.74 Å². The molecule has 0 aromatic carbocycles. The Morgan fingerprint density at radius 2 is 1.88 bits per heavy atom. The number of unbranched alkanes of at least 4 members (excludes halogenated alkanes) is 2. The van der Waals surface area contributed by atoms with Crippen LogP contribution in [0.2, 0.25) is 0 Å². The van der Waals surface area contributed by atoms with Crippen LogP contribution in [0.25, 0.3) is 0 Å². The van der Waals surface area contributed by atoms with Gasteiger partial charge in [-0.3, -0.25) is 4.99 Å². The number of hydrogen-bond donors (Lipinski definition) is 2. The molecule has 1 unspecified atom stereocenters. The Bertz CT molecular complexity index is 353. The molecule has 0 saturated carbocycles. The number of piperidine rings is 1. The Kier molecular flexibility index (Phi) is 11.3. The highest BCUT2D eigenvalue weighted by atomic mass is 127. The molecule has 0 aromatic heterocycles. The summed E-state index contributed by atoms with van der Waals surface area (Å²) < 4.78 is 5.80. The standard InChI is InChI=1S/C18H36N4O.HI/c1-18(10-9-15-23-18)16-21-17(19-2)20-11-5-3-6-12-22-13-7-4-8-14-22;/h3-16H2,1-2H3,(H2,19,20,21);1H. The lowest BCUT2D eigenvalue weighted by Gasteiger charge is -2.26. The van der Waals surface area contributed by atoms with E-state index in [0.29, 0.717) is 0 Å². The molecule has 2 aliphatic rings. The third-order valence-corrected chi connectivity index (χ3v) is 5.05. The molecule has 0 spiro atoms. The molecule has 0 aliphatic carbocycles. The molecule has 0 radical (unpaired) electrons. The number of halogens is 1. The predicted molar refractivity (Wildman–Crippen MR) is 113 cm³/mol. The minimum absolute atomic E-state index is 0. The summed E-state index contributed by atoms with van der Waals surface area (Å²) in [6.07, 6.45) is 10.3.